The molecule has 0 heterocycles. The van der Waals surface area contributed by atoms with E-state index in [-0.39, 0.29) is 17.3 Å². The van der Waals surface area contributed by atoms with Crippen LogP contribution in [0.25, 0.3) is 0 Å². The Labute approximate surface area is 127 Å². The first-order valence-corrected chi connectivity index (χ1v) is 7.26. The monoisotopic (exact) mass is 293 g/mol. The van der Waals surface area contributed by atoms with Crippen LogP contribution in [0.1, 0.15) is 32.8 Å². The van der Waals surface area contributed by atoms with E-state index in [1.807, 2.05) is 38.1 Å². The van der Waals surface area contributed by atoms with Crippen molar-refractivity contribution in [2.75, 3.05) is 13.2 Å². The number of hydrogen-bond acceptors (Lipinski definition) is 4. The van der Waals surface area contributed by atoms with Crippen LogP contribution in [0.4, 0.5) is 0 Å². The van der Waals surface area contributed by atoms with E-state index in [2.05, 4.69) is 24.3 Å². The third-order valence-corrected chi connectivity index (χ3v) is 3.56. The minimum Gasteiger partial charge on any atom is -0.492 e. The number of nitrogens with two attached hydrogens (primary N) is 1. The molecule has 1 unspecified atom stereocenters. The highest BCUT2D eigenvalue weighted by molar-refractivity contribution is 5.85. The average Bonchev–Trinajstić information content (AvgIpc) is 2.45. The van der Waals surface area contributed by atoms with Gasteiger partial charge in [0.1, 0.15) is 18.2 Å². The van der Waals surface area contributed by atoms with Gasteiger partial charge in [0.05, 0.1) is 0 Å². The maximum Gasteiger partial charge on any atom is 0.144 e. The Balaban J connectivity index is 2.28. The molecule has 5 heteroatoms. The molecule has 4 N–H and O–H groups in total. The molecular formula is C16H27N3O2. The Morgan fingerprint density at radius 1 is 1.38 bits per heavy atom. The molecule has 0 fully saturated rings. The Hall–Kier alpha value is -1.75. The second-order valence-corrected chi connectivity index (χ2v) is 6.10. The molecule has 0 amide bonds. The molecule has 0 bridgehead atoms. The summed E-state index contributed by atoms with van der Waals surface area (Å²) < 4.78 is 5.72. The molecule has 1 atom stereocenters. The fourth-order valence-corrected chi connectivity index (χ4v) is 1.81. The minimum absolute atomic E-state index is 0.231. The minimum atomic E-state index is -0.320. The Morgan fingerprint density at radius 2 is 2.00 bits per heavy atom. The largest absolute Gasteiger partial charge is 0.492 e. The van der Waals surface area contributed by atoms with Crippen molar-refractivity contribution in [3.05, 3.63) is 29.8 Å². The van der Waals surface area contributed by atoms with Gasteiger partial charge in [0.2, 0.25) is 0 Å². The lowest BCUT2D eigenvalue weighted by Gasteiger charge is -2.24. The second kappa shape index (κ2) is 7.88. The number of ether oxygens (including phenoxy) is 1. The lowest BCUT2D eigenvalue weighted by atomic mass is 9.88. The first-order valence-electron chi connectivity index (χ1n) is 7.26. The van der Waals surface area contributed by atoms with Crippen molar-refractivity contribution >= 4 is 5.84 Å². The number of oxime groups is 1. The molecule has 0 saturated carbocycles. The fourth-order valence-electron chi connectivity index (χ4n) is 1.81. The first kappa shape index (κ1) is 17.3. The van der Waals surface area contributed by atoms with Crippen molar-refractivity contribution in [3.8, 4) is 5.75 Å². The molecule has 118 valence electrons. The van der Waals surface area contributed by atoms with Crippen LogP contribution in [0.2, 0.25) is 0 Å². The zero-order valence-electron chi connectivity index (χ0n) is 13.4. The summed E-state index contributed by atoms with van der Waals surface area (Å²) in [5.74, 6) is 1.14. The first-order chi connectivity index (χ1) is 9.85. The molecule has 1 aromatic carbocycles. The molecule has 21 heavy (non-hydrogen) atoms. The standard InChI is InChI=1S/C16H27N3O2/c1-12-5-7-14(8-6-12)21-11-13(2)18-10-9-16(3,4)15(17)19-20/h5-8,13,18,20H,9-11H2,1-4H3,(H2,17,19). The number of aryl methyl sites for hydroxylation is 1. The van der Waals surface area contributed by atoms with Crippen molar-refractivity contribution in [1.29, 1.82) is 0 Å². The van der Waals surface area contributed by atoms with E-state index in [0.717, 1.165) is 18.7 Å². The lowest BCUT2D eigenvalue weighted by molar-refractivity contribution is 0.267. The van der Waals surface area contributed by atoms with Crippen molar-refractivity contribution < 1.29 is 9.94 Å². The maximum atomic E-state index is 8.73. The molecule has 5 nitrogen and oxygen atoms in total. The van der Waals surface area contributed by atoms with E-state index in [4.69, 9.17) is 15.7 Å². The zero-order valence-corrected chi connectivity index (χ0v) is 13.4. The van der Waals surface area contributed by atoms with Gasteiger partial charge < -0.3 is 21.0 Å². The predicted molar refractivity (Wildman–Crippen MR) is 85.9 cm³/mol. The molecule has 0 aliphatic heterocycles. The number of amidine groups is 1. The predicted octanol–water partition coefficient (Wildman–Crippen LogP) is 2.51. The molecule has 0 aliphatic rings. The Bertz CT molecular complexity index is 455. The van der Waals surface area contributed by atoms with Crippen LogP contribution in [-0.2, 0) is 0 Å². The van der Waals surface area contributed by atoms with Gasteiger partial charge in [-0.3, -0.25) is 0 Å². The van der Waals surface area contributed by atoms with Gasteiger partial charge in [0, 0.05) is 11.5 Å². The Kier molecular flexibility index (Phi) is 6.49. The van der Waals surface area contributed by atoms with Crippen molar-refractivity contribution in [3.63, 3.8) is 0 Å². The van der Waals surface area contributed by atoms with E-state index in [1.54, 1.807) is 0 Å². The van der Waals surface area contributed by atoms with Crippen molar-refractivity contribution in [1.82, 2.24) is 5.32 Å². The molecule has 1 aromatic rings. The topological polar surface area (TPSA) is 79.9 Å². The van der Waals surface area contributed by atoms with Crippen LogP contribution in [-0.4, -0.2) is 30.2 Å². The summed E-state index contributed by atoms with van der Waals surface area (Å²) in [6.45, 7) is 9.42. The van der Waals surface area contributed by atoms with Crippen LogP contribution in [0.5, 0.6) is 5.75 Å². The number of nitrogens with zero attached hydrogens (tertiary/aromatic N) is 1. The molecular weight excluding hydrogens is 266 g/mol. The van der Waals surface area contributed by atoms with Gasteiger partial charge in [-0.15, -0.1) is 0 Å². The molecule has 0 spiro atoms. The van der Waals surface area contributed by atoms with E-state index >= 15 is 0 Å². The third-order valence-electron chi connectivity index (χ3n) is 3.56. The van der Waals surface area contributed by atoms with Gasteiger partial charge in [-0.1, -0.05) is 36.7 Å². The lowest BCUT2D eigenvalue weighted by Crippen LogP contribution is -2.38. The highest BCUT2D eigenvalue weighted by Gasteiger charge is 2.23. The van der Waals surface area contributed by atoms with Gasteiger partial charge in [-0.05, 0) is 38.9 Å². The third kappa shape index (κ3) is 6.04. The van der Waals surface area contributed by atoms with Gasteiger partial charge in [0.15, 0.2) is 0 Å². The van der Waals surface area contributed by atoms with Crippen LogP contribution in [0, 0.1) is 12.3 Å². The van der Waals surface area contributed by atoms with Gasteiger partial charge >= 0.3 is 0 Å². The SMILES string of the molecule is Cc1ccc(OCC(C)NCCC(C)(C)C(N)=NO)cc1. The molecule has 0 aromatic heterocycles. The summed E-state index contributed by atoms with van der Waals surface area (Å²) in [7, 11) is 0. The van der Waals surface area contributed by atoms with Crippen LogP contribution in [0.15, 0.2) is 29.4 Å². The summed E-state index contributed by atoms with van der Waals surface area (Å²) in [4.78, 5) is 0. The smallest absolute Gasteiger partial charge is 0.144 e. The quantitative estimate of drug-likeness (QED) is 0.298. The highest BCUT2D eigenvalue weighted by atomic mass is 16.5. The van der Waals surface area contributed by atoms with E-state index in [0.29, 0.717) is 6.61 Å². The molecule has 0 saturated heterocycles. The molecule has 0 aliphatic carbocycles. The number of benzene rings is 1. The number of hydrogen-bond donors (Lipinski definition) is 3. The number of nitrogens with one attached hydrogen (secondary N) is 1. The maximum absolute atomic E-state index is 8.73. The van der Waals surface area contributed by atoms with Crippen molar-refractivity contribution in [2.24, 2.45) is 16.3 Å². The van der Waals surface area contributed by atoms with E-state index < -0.39 is 0 Å². The summed E-state index contributed by atoms with van der Waals surface area (Å²) in [6, 6.07) is 8.25. The van der Waals surface area contributed by atoms with Crippen LogP contribution < -0.4 is 15.8 Å². The normalized spacial score (nSPS) is 14.0. The summed E-state index contributed by atoms with van der Waals surface area (Å²) in [5, 5.41) is 15.2. The van der Waals surface area contributed by atoms with Crippen molar-refractivity contribution in [2.45, 2.75) is 40.2 Å². The summed E-state index contributed by atoms with van der Waals surface area (Å²) in [6.07, 6.45) is 0.789. The fraction of sp³-hybridized carbons (Fsp3) is 0.562. The van der Waals surface area contributed by atoms with Crippen LogP contribution in [0.3, 0.4) is 0 Å². The zero-order chi connectivity index (χ0) is 15.9. The van der Waals surface area contributed by atoms with E-state index in [9.17, 15) is 0 Å². The van der Waals surface area contributed by atoms with Crippen LogP contribution >= 0.6 is 0 Å². The highest BCUT2D eigenvalue weighted by Crippen LogP contribution is 2.19. The summed E-state index contributed by atoms with van der Waals surface area (Å²) in [5.41, 5.74) is 6.56. The van der Waals surface area contributed by atoms with E-state index in [1.165, 1.54) is 5.56 Å². The summed E-state index contributed by atoms with van der Waals surface area (Å²) >= 11 is 0. The average molecular weight is 293 g/mol. The number of rotatable bonds is 8. The van der Waals surface area contributed by atoms with Gasteiger partial charge in [-0.25, -0.2) is 0 Å². The molecule has 1 rings (SSSR count). The molecule has 0 radical (unpaired) electrons. The second-order valence-electron chi connectivity index (χ2n) is 6.10. The van der Waals surface area contributed by atoms with Gasteiger partial charge in [-0.2, -0.15) is 0 Å². The van der Waals surface area contributed by atoms with Gasteiger partial charge in [0.25, 0.3) is 0 Å². The Morgan fingerprint density at radius 3 is 2.57 bits per heavy atom.